The van der Waals surface area contributed by atoms with Gasteiger partial charge in [0.25, 0.3) is 0 Å². The standard InChI is InChI=1S/C10H9BrS/c1-2-12-8-7-9-3-5-10(11)6-4-9/h3-6H,2H2,1H3. The molecule has 0 N–H and O–H groups in total. The van der Waals surface area contributed by atoms with E-state index in [4.69, 9.17) is 0 Å². The van der Waals surface area contributed by atoms with Crippen molar-refractivity contribution in [3.63, 3.8) is 0 Å². The second-order valence-electron chi connectivity index (χ2n) is 2.17. The van der Waals surface area contributed by atoms with Crippen molar-refractivity contribution in [2.24, 2.45) is 0 Å². The van der Waals surface area contributed by atoms with Crippen molar-refractivity contribution in [3.05, 3.63) is 34.3 Å². The second-order valence-corrected chi connectivity index (χ2v) is 4.15. The number of thioether (sulfide) groups is 1. The quantitative estimate of drug-likeness (QED) is 0.678. The van der Waals surface area contributed by atoms with Crippen molar-refractivity contribution in [2.75, 3.05) is 5.75 Å². The van der Waals surface area contributed by atoms with Crippen molar-refractivity contribution in [1.82, 2.24) is 0 Å². The van der Waals surface area contributed by atoms with Crippen LogP contribution in [0, 0.1) is 11.2 Å². The van der Waals surface area contributed by atoms with E-state index in [1.54, 1.807) is 11.8 Å². The molecule has 0 saturated carbocycles. The van der Waals surface area contributed by atoms with Crippen LogP contribution in [0.5, 0.6) is 0 Å². The molecule has 0 unspecified atom stereocenters. The number of hydrogen-bond acceptors (Lipinski definition) is 1. The zero-order chi connectivity index (χ0) is 8.81. The maximum Gasteiger partial charge on any atom is 0.0255 e. The van der Waals surface area contributed by atoms with Crippen molar-refractivity contribution >= 4 is 27.7 Å². The van der Waals surface area contributed by atoms with Crippen LogP contribution >= 0.6 is 27.7 Å². The molecule has 12 heavy (non-hydrogen) atoms. The van der Waals surface area contributed by atoms with Gasteiger partial charge in [0.15, 0.2) is 0 Å². The molecule has 0 aromatic heterocycles. The highest BCUT2D eigenvalue weighted by atomic mass is 79.9. The normalized spacial score (nSPS) is 8.83. The molecule has 0 spiro atoms. The first kappa shape index (κ1) is 9.70. The summed E-state index contributed by atoms with van der Waals surface area (Å²) in [6, 6.07) is 8.02. The van der Waals surface area contributed by atoms with Crippen LogP contribution in [0.1, 0.15) is 12.5 Å². The molecule has 0 heterocycles. The van der Waals surface area contributed by atoms with Crippen LogP contribution in [0.4, 0.5) is 0 Å². The molecule has 1 aromatic rings. The van der Waals surface area contributed by atoms with Gasteiger partial charge in [-0.05, 0) is 29.5 Å². The highest BCUT2D eigenvalue weighted by molar-refractivity contribution is 9.10. The van der Waals surface area contributed by atoms with Crippen LogP contribution in [-0.2, 0) is 0 Å². The summed E-state index contributed by atoms with van der Waals surface area (Å²) in [5.41, 5.74) is 1.07. The Kier molecular flexibility index (Phi) is 4.27. The van der Waals surface area contributed by atoms with Crippen molar-refractivity contribution in [3.8, 4) is 11.2 Å². The van der Waals surface area contributed by atoms with Crippen LogP contribution in [-0.4, -0.2) is 5.75 Å². The highest BCUT2D eigenvalue weighted by Crippen LogP contribution is 2.09. The largest absolute Gasteiger partial charge is 0.0750 e. The maximum absolute atomic E-state index is 3.37. The van der Waals surface area contributed by atoms with E-state index in [0.29, 0.717) is 0 Å². The first-order valence-corrected chi connectivity index (χ1v) is 5.49. The molecule has 0 atom stereocenters. The molecule has 1 rings (SSSR count). The highest BCUT2D eigenvalue weighted by Gasteiger charge is 1.85. The van der Waals surface area contributed by atoms with Crippen LogP contribution < -0.4 is 0 Å². The SMILES string of the molecule is CCSC#Cc1ccc(Br)cc1. The summed E-state index contributed by atoms with van der Waals surface area (Å²) in [7, 11) is 0. The van der Waals surface area contributed by atoms with Gasteiger partial charge in [-0.3, -0.25) is 0 Å². The van der Waals surface area contributed by atoms with E-state index in [1.807, 2.05) is 24.3 Å². The molecule has 0 radical (unpaired) electrons. The molecule has 0 aliphatic carbocycles. The van der Waals surface area contributed by atoms with Gasteiger partial charge in [0.1, 0.15) is 0 Å². The minimum atomic E-state index is 1.05. The fraction of sp³-hybridized carbons (Fsp3) is 0.200. The van der Waals surface area contributed by atoms with Gasteiger partial charge < -0.3 is 0 Å². The number of rotatable bonds is 1. The first-order valence-electron chi connectivity index (χ1n) is 3.71. The van der Waals surface area contributed by atoms with Crippen molar-refractivity contribution < 1.29 is 0 Å². The van der Waals surface area contributed by atoms with Gasteiger partial charge >= 0.3 is 0 Å². The van der Waals surface area contributed by atoms with Crippen LogP contribution in [0.2, 0.25) is 0 Å². The molecule has 0 nitrogen and oxygen atoms in total. The lowest BCUT2D eigenvalue weighted by molar-refractivity contribution is 1.54. The summed E-state index contributed by atoms with van der Waals surface area (Å²) in [5.74, 6) is 4.11. The third kappa shape index (κ3) is 3.34. The van der Waals surface area contributed by atoms with Crippen LogP contribution in [0.25, 0.3) is 0 Å². The Morgan fingerprint density at radius 2 is 2.00 bits per heavy atom. The van der Waals surface area contributed by atoms with Gasteiger partial charge in [-0.15, -0.1) is 0 Å². The summed E-state index contributed by atoms with van der Waals surface area (Å²) >= 11 is 5.01. The predicted molar refractivity (Wildman–Crippen MR) is 59.2 cm³/mol. The Bertz CT molecular complexity index is 292. The van der Waals surface area contributed by atoms with E-state index in [-0.39, 0.29) is 0 Å². The average Bonchev–Trinajstić information content (AvgIpc) is 2.09. The zero-order valence-corrected chi connectivity index (χ0v) is 9.21. The Morgan fingerprint density at radius 1 is 1.33 bits per heavy atom. The molecule has 0 bridgehead atoms. The van der Waals surface area contributed by atoms with E-state index in [0.717, 1.165) is 15.8 Å². The Hall–Kier alpha value is -0.390. The van der Waals surface area contributed by atoms with Gasteiger partial charge in [0, 0.05) is 15.8 Å². The topological polar surface area (TPSA) is 0 Å². The van der Waals surface area contributed by atoms with Crippen LogP contribution in [0.15, 0.2) is 28.7 Å². The maximum atomic E-state index is 3.37. The Labute approximate surface area is 85.9 Å². The fourth-order valence-electron chi connectivity index (χ4n) is 0.700. The molecule has 2 heteroatoms. The summed E-state index contributed by atoms with van der Waals surface area (Å²) in [6.45, 7) is 2.10. The minimum Gasteiger partial charge on any atom is -0.0750 e. The van der Waals surface area contributed by atoms with Crippen LogP contribution in [0.3, 0.4) is 0 Å². The van der Waals surface area contributed by atoms with Gasteiger partial charge in [-0.2, -0.15) is 0 Å². The van der Waals surface area contributed by atoms with E-state index < -0.39 is 0 Å². The fourth-order valence-corrected chi connectivity index (χ4v) is 1.30. The van der Waals surface area contributed by atoms with Gasteiger partial charge in [0.05, 0.1) is 0 Å². The zero-order valence-electron chi connectivity index (χ0n) is 6.80. The molecule has 0 amide bonds. The molecule has 0 aliphatic rings. The molecule has 1 aromatic carbocycles. The lowest BCUT2D eigenvalue weighted by atomic mass is 10.2. The smallest absolute Gasteiger partial charge is 0.0255 e. The number of halogens is 1. The third-order valence-electron chi connectivity index (χ3n) is 1.26. The lowest BCUT2D eigenvalue weighted by Crippen LogP contribution is -1.71. The Morgan fingerprint density at radius 3 is 2.58 bits per heavy atom. The molecule has 0 aliphatic heterocycles. The molecule has 0 fully saturated rings. The van der Waals surface area contributed by atoms with E-state index in [1.165, 1.54) is 0 Å². The average molecular weight is 241 g/mol. The predicted octanol–water partition coefficient (Wildman–Crippen LogP) is 3.51. The molecular weight excluding hydrogens is 232 g/mol. The molecule has 0 saturated heterocycles. The summed E-state index contributed by atoms with van der Waals surface area (Å²) < 4.78 is 1.09. The van der Waals surface area contributed by atoms with Gasteiger partial charge in [-0.25, -0.2) is 0 Å². The Balaban J connectivity index is 2.66. The lowest BCUT2D eigenvalue weighted by Gasteiger charge is -1.89. The van der Waals surface area contributed by atoms with Crippen molar-refractivity contribution in [2.45, 2.75) is 6.92 Å². The van der Waals surface area contributed by atoms with E-state index in [2.05, 4.69) is 34.0 Å². The van der Waals surface area contributed by atoms with E-state index in [9.17, 15) is 0 Å². The summed E-state index contributed by atoms with van der Waals surface area (Å²) in [5, 5.41) is 3.02. The van der Waals surface area contributed by atoms with Crippen molar-refractivity contribution in [1.29, 1.82) is 0 Å². The molecule has 62 valence electrons. The second kappa shape index (κ2) is 5.29. The van der Waals surface area contributed by atoms with E-state index >= 15 is 0 Å². The van der Waals surface area contributed by atoms with Gasteiger partial charge in [0.2, 0.25) is 0 Å². The summed E-state index contributed by atoms with van der Waals surface area (Å²) in [6.07, 6.45) is 0. The number of benzene rings is 1. The summed E-state index contributed by atoms with van der Waals surface area (Å²) in [4.78, 5) is 0. The minimum absolute atomic E-state index is 1.05. The third-order valence-corrected chi connectivity index (χ3v) is 2.32. The van der Waals surface area contributed by atoms with Gasteiger partial charge in [-0.1, -0.05) is 40.5 Å². The monoisotopic (exact) mass is 240 g/mol. The number of hydrogen-bond donors (Lipinski definition) is 0. The first-order chi connectivity index (χ1) is 5.83. The molecular formula is C10H9BrS.